The Labute approximate surface area is 178 Å². The highest BCUT2D eigenvalue weighted by Gasteiger charge is 2.17. The molecule has 1 heterocycles. The number of nitrogens with zero attached hydrogens (tertiary/aromatic N) is 2. The van der Waals surface area contributed by atoms with Crippen LogP contribution in [-0.4, -0.2) is 20.7 Å². The number of nitro benzene ring substituents is 1. The first-order valence-corrected chi connectivity index (χ1v) is 9.95. The quantitative estimate of drug-likeness (QED) is 0.300. The first-order valence-electron chi connectivity index (χ1n) is 9.95. The zero-order valence-corrected chi connectivity index (χ0v) is 16.9. The van der Waals surface area contributed by atoms with Crippen molar-refractivity contribution in [3.05, 3.63) is 94.3 Å². The Morgan fingerprint density at radius 3 is 2.48 bits per heavy atom. The third kappa shape index (κ3) is 4.95. The average Bonchev–Trinajstić information content (AvgIpc) is 3.19. The highest BCUT2D eigenvalue weighted by molar-refractivity contribution is 5.82. The summed E-state index contributed by atoms with van der Waals surface area (Å²) in [6.45, 7) is 1.92. The summed E-state index contributed by atoms with van der Waals surface area (Å²) in [4.78, 5) is 30.6. The number of aromatic nitrogens is 2. The maximum atomic E-state index is 12.6. The van der Waals surface area contributed by atoms with Gasteiger partial charge in [0.2, 0.25) is 0 Å². The summed E-state index contributed by atoms with van der Waals surface area (Å²) >= 11 is 0. The number of para-hydroxylation sites is 1. The molecule has 0 aliphatic carbocycles. The van der Waals surface area contributed by atoms with Crippen molar-refractivity contribution < 1.29 is 14.5 Å². The Balaban J connectivity index is 1.37. The third-order valence-corrected chi connectivity index (χ3v) is 5.00. The minimum Gasteiger partial charge on any atom is -0.457 e. The van der Waals surface area contributed by atoms with Crippen LogP contribution in [-0.2, 0) is 11.2 Å². The van der Waals surface area contributed by atoms with E-state index in [1.54, 1.807) is 6.07 Å². The van der Waals surface area contributed by atoms with Crippen LogP contribution >= 0.6 is 0 Å². The van der Waals surface area contributed by atoms with Crippen LogP contribution in [0.1, 0.15) is 30.7 Å². The lowest BCUT2D eigenvalue weighted by Crippen LogP contribution is -2.08. The predicted octanol–water partition coefficient (Wildman–Crippen LogP) is 5.57. The number of H-pyrrole nitrogens is 1. The van der Waals surface area contributed by atoms with Crippen molar-refractivity contribution in [3.63, 3.8) is 0 Å². The van der Waals surface area contributed by atoms with Gasteiger partial charge in [0, 0.05) is 30.9 Å². The molecule has 0 fully saturated rings. The average molecular weight is 415 g/mol. The van der Waals surface area contributed by atoms with Gasteiger partial charge in [-0.25, -0.2) is 4.98 Å². The molecule has 1 unspecified atom stereocenters. The summed E-state index contributed by atoms with van der Waals surface area (Å²) in [5.41, 5.74) is 2.16. The molecule has 0 spiro atoms. The van der Waals surface area contributed by atoms with Gasteiger partial charge in [-0.3, -0.25) is 14.9 Å². The van der Waals surface area contributed by atoms with Gasteiger partial charge in [-0.15, -0.1) is 0 Å². The van der Waals surface area contributed by atoms with Gasteiger partial charge in [-0.1, -0.05) is 37.3 Å². The normalized spacial score (nSPS) is 11.9. The number of ether oxygens (including phenoxy) is 1. The fourth-order valence-electron chi connectivity index (χ4n) is 3.40. The van der Waals surface area contributed by atoms with Crippen molar-refractivity contribution in [3.8, 4) is 11.5 Å². The molecule has 1 atom stereocenters. The second-order valence-electron chi connectivity index (χ2n) is 7.46. The number of benzene rings is 3. The highest BCUT2D eigenvalue weighted by atomic mass is 16.6. The number of nitrogens with one attached hydrogen (secondary N) is 1. The summed E-state index contributed by atoms with van der Waals surface area (Å²) in [7, 11) is 0. The second-order valence-corrected chi connectivity index (χ2v) is 7.46. The van der Waals surface area contributed by atoms with Gasteiger partial charge in [0.1, 0.15) is 23.1 Å². The van der Waals surface area contributed by atoms with E-state index >= 15 is 0 Å². The Morgan fingerprint density at radius 2 is 1.77 bits per heavy atom. The summed E-state index contributed by atoms with van der Waals surface area (Å²) in [5.74, 6) is 2.09. The van der Waals surface area contributed by atoms with Crippen molar-refractivity contribution in [2.45, 2.75) is 25.7 Å². The summed E-state index contributed by atoms with van der Waals surface area (Å²) < 4.78 is 5.77. The van der Waals surface area contributed by atoms with Gasteiger partial charge in [-0.2, -0.15) is 0 Å². The SMILES string of the molecule is CC(CC(=O)Cc1ccc(Oc2ccccc2)cc1)c1nc2ccc([N+](=O)[O-])cc2[nH]1. The molecule has 3 aromatic carbocycles. The summed E-state index contributed by atoms with van der Waals surface area (Å²) in [6.07, 6.45) is 0.645. The smallest absolute Gasteiger partial charge is 0.271 e. The Kier molecular flexibility index (Phi) is 5.75. The number of imidazole rings is 1. The molecule has 0 saturated heterocycles. The number of ketones is 1. The maximum absolute atomic E-state index is 12.6. The molecular formula is C24H21N3O4. The summed E-state index contributed by atoms with van der Waals surface area (Å²) in [6, 6.07) is 21.5. The van der Waals surface area contributed by atoms with Gasteiger partial charge in [-0.05, 0) is 35.9 Å². The van der Waals surface area contributed by atoms with Crippen LogP contribution in [0.5, 0.6) is 11.5 Å². The first kappa shape index (κ1) is 20.3. The minimum atomic E-state index is -0.441. The van der Waals surface area contributed by atoms with Gasteiger partial charge < -0.3 is 9.72 Å². The standard InChI is InChI=1S/C24H21N3O4/c1-16(24-25-22-12-9-18(27(29)30)15-23(22)26-24)13-19(28)14-17-7-10-21(11-8-17)31-20-5-3-2-4-6-20/h2-12,15-16H,13-14H2,1H3,(H,25,26). The number of hydrogen-bond acceptors (Lipinski definition) is 5. The molecular weight excluding hydrogens is 394 g/mol. The number of nitro groups is 1. The fourth-order valence-corrected chi connectivity index (χ4v) is 3.40. The first-order chi connectivity index (χ1) is 15.0. The van der Waals surface area contributed by atoms with E-state index in [1.807, 2.05) is 61.5 Å². The van der Waals surface area contributed by atoms with E-state index in [0.717, 1.165) is 11.3 Å². The Bertz CT molecular complexity index is 1220. The number of rotatable bonds is 8. The molecule has 1 aromatic heterocycles. The maximum Gasteiger partial charge on any atom is 0.271 e. The molecule has 156 valence electrons. The lowest BCUT2D eigenvalue weighted by Gasteiger charge is -2.09. The van der Waals surface area contributed by atoms with E-state index in [2.05, 4.69) is 9.97 Å². The molecule has 0 bridgehead atoms. The van der Waals surface area contributed by atoms with Crippen LogP contribution in [0.2, 0.25) is 0 Å². The van der Waals surface area contributed by atoms with Crippen molar-refractivity contribution in [1.82, 2.24) is 9.97 Å². The van der Waals surface area contributed by atoms with Crippen LogP contribution in [0.4, 0.5) is 5.69 Å². The number of carbonyl (C=O) groups excluding carboxylic acids is 1. The molecule has 0 amide bonds. The zero-order chi connectivity index (χ0) is 21.8. The van der Waals surface area contributed by atoms with Crippen molar-refractivity contribution in [1.29, 1.82) is 0 Å². The minimum absolute atomic E-state index is 0.00567. The lowest BCUT2D eigenvalue weighted by atomic mass is 9.99. The van der Waals surface area contributed by atoms with Crippen LogP contribution in [0, 0.1) is 10.1 Å². The predicted molar refractivity (Wildman–Crippen MR) is 117 cm³/mol. The van der Waals surface area contributed by atoms with Gasteiger partial charge in [0.15, 0.2) is 0 Å². The third-order valence-electron chi connectivity index (χ3n) is 5.00. The number of carbonyl (C=O) groups is 1. The summed E-state index contributed by atoms with van der Waals surface area (Å²) in [5, 5.41) is 10.9. The fraction of sp³-hybridized carbons (Fsp3) is 0.167. The van der Waals surface area contributed by atoms with E-state index in [9.17, 15) is 14.9 Å². The van der Waals surface area contributed by atoms with E-state index in [0.29, 0.717) is 35.4 Å². The molecule has 1 N–H and O–H groups in total. The molecule has 4 rings (SSSR count). The lowest BCUT2D eigenvalue weighted by molar-refractivity contribution is -0.384. The molecule has 7 nitrogen and oxygen atoms in total. The topological polar surface area (TPSA) is 98.1 Å². The molecule has 4 aromatic rings. The molecule has 0 aliphatic heterocycles. The number of fused-ring (bicyclic) bond motifs is 1. The molecule has 31 heavy (non-hydrogen) atoms. The van der Waals surface area contributed by atoms with E-state index in [4.69, 9.17) is 4.74 Å². The largest absolute Gasteiger partial charge is 0.457 e. The Morgan fingerprint density at radius 1 is 1.06 bits per heavy atom. The number of non-ortho nitro benzene ring substituents is 1. The van der Waals surface area contributed by atoms with Gasteiger partial charge in [0.25, 0.3) is 5.69 Å². The van der Waals surface area contributed by atoms with E-state index < -0.39 is 4.92 Å². The van der Waals surface area contributed by atoms with Crippen molar-refractivity contribution >= 4 is 22.5 Å². The van der Waals surface area contributed by atoms with E-state index in [1.165, 1.54) is 12.1 Å². The van der Waals surface area contributed by atoms with Crippen molar-refractivity contribution in [2.75, 3.05) is 0 Å². The second kappa shape index (κ2) is 8.79. The number of hydrogen-bond donors (Lipinski definition) is 1. The van der Waals surface area contributed by atoms with Crippen molar-refractivity contribution in [2.24, 2.45) is 0 Å². The number of aromatic amines is 1. The monoisotopic (exact) mass is 415 g/mol. The van der Waals surface area contributed by atoms with Gasteiger partial charge >= 0.3 is 0 Å². The Hall–Kier alpha value is -4.00. The van der Waals surface area contributed by atoms with Gasteiger partial charge in [0.05, 0.1) is 16.0 Å². The van der Waals surface area contributed by atoms with Crippen LogP contribution in [0.25, 0.3) is 11.0 Å². The molecule has 0 saturated carbocycles. The van der Waals surface area contributed by atoms with Crippen LogP contribution < -0.4 is 4.74 Å². The van der Waals surface area contributed by atoms with Crippen LogP contribution in [0.3, 0.4) is 0 Å². The number of Topliss-reactive ketones (excluding diaryl/α,β-unsaturated/α-hetero) is 1. The molecule has 7 heteroatoms. The molecule has 0 radical (unpaired) electrons. The van der Waals surface area contributed by atoms with E-state index in [-0.39, 0.29) is 17.4 Å². The zero-order valence-electron chi connectivity index (χ0n) is 16.9. The highest BCUT2D eigenvalue weighted by Crippen LogP contribution is 2.25. The molecule has 0 aliphatic rings. The van der Waals surface area contributed by atoms with Crippen LogP contribution in [0.15, 0.2) is 72.8 Å².